The van der Waals surface area contributed by atoms with E-state index in [1.165, 1.54) is 12.1 Å². The molecule has 2 aromatic carbocycles. The fraction of sp³-hybridized carbons (Fsp3) is 0.304. The van der Waals surface area contributed by atoms with Gasteiger partial charge in [-0.25, -0.2) is 4.79 Å². The molecule has 0 aliphatic heterocycles. The first-order valence-electron chi connectivity index (χ1n) is 10.3. The van der Waals surface area contributed by atoms with E-state index in [0.29, 0.717) is 12.1 Å². The Morgan fingerprint density at radius 2 is 1.67 bits per heavy atom. The number of halogens is 3. The van der Waals surface area contributed by atoms with Gasteiger partial charge in [0.2, 0.25) is 5.69 Å². The number of amides is 1. The molecule has 0 unspecified atom stereocenters. The number of hydrogen-bond donors (Lipinski definition) is 1. The fourth-order valence-electron chi connectivity index (χ4n) is 3.03. The predicted octanol–water partition coefficient (Wildman–Crippen LogP) is 3.30. The normalized spacial score (nSPS) is 12.4. The minimum atomic E-state index is -4.51. The van der Waals surface area contributed by atoms with Gasteiger partial charge in [-0.3, -0.25) is 14.2 Å². The minimum absolute atomic E-state index is 0.234. The maximum atomic E-state index is 13.1. The number of nitrogens with one attached hydrogen (secondary N) is 1. The standard InChI is InChI=1S/C23H23F3N4O3/c1-4-15(3)27-20(31)19-21(32)29(13-16-7-9-17(10-8-16)23(24,25)26)22(33)30(28-19)18-11-5-14(2)6-12-18/h5-12,15H,4,13H2,1-3H3,(H,27,31)/t15-/m1/s1. The Hall–Kier alpha value is -3.69. The highest BCUT2D eigenvalue weighted by molar-refractivity contribution is 5.91. The molecule has 0 bridgehead atoms. The monoisotopic (exact) mass is 460 g/mol. The van der Waals surface area contributed by atoms with Crippen molar-refractivity contribution in [3.05, 3.63) is 91.8 Å². The Morgan fingerprint density at radius 1 is 1.06 bits per heavy atom. The molecule has 0 saturated carbocycles. The van der Waals surface area contributed by atoms with Crippen LogP contribution in [0.1, 0.15) is 47.4 Å². The molecule has 0 aliphatic carbocycles. The zero-order valence-corrected chi connectivity index (χ0v) is 18.3. The average Bonchev–Trinajstić information content (AvgIpc) is 2.77. The summed E-state index contributed by atoms with van der Waals surface area (Å²) in [4.78, 5) is 38.8. The van der Waals surface area contributed by atoms with E-state index in [9.17, 15) is 27.6 Å². The van der Waals surface area contributed by atoms with Crippen molar-refractivity contribution in [3.8, 4) is 5.69 Å². The van der Waals surface area contributed by atoms with Crippen LogP contribution in [-0.2, 0) is 12.7 Å². The smallest absolute Gasteiger partial charge is 0.348 e. The Bertz CT molecular complexity index is 1260. The minimum Gasteiger partial charge on any atom is -0.348 e. The maximum absolute atomic E-state index is 13.1. The van der Waals surface area contributed by atoms with E-state index in [4.69, 9.17) is 0 Å². The van der Waals surface area contributed by atoms with Crippen molar-refractivity contribution in [2.45, 2.75) is 46.0 Å². The van der Waals surface area contributed by atoms with Crippen molar-refractivity contribution in [2.75, 3.05) is 0 Å². The number of nitrogens with zero attached hydrogens (tertiary/aromatic N) is 3. The number of alkyl halides is 3. The largest absolute Gasteiger partial charge is 0.416 e. The van der Waals surface area contributed by atoms with Gasteiger partial charge in [0.05, 0.1) is 17.8 Å². The lowest BCUT2D eigenvalue weighted by Crippen LogP contribution is -2.47. The zero-order chi connectivity index (χ0) is 24.3. The van der Waals surface area contributed by atoms with Gasteiger partial charge in [-0.1, -0.05) is 36.8 Å². The third kappa shape index (κ3) is 5.39. The zero-order valence-electron chi connectivity index (χ0n) is 18.3. The van der Waals surface area contributed by atoms with Gasteiger partial charge in [0.15, 0.2) is 0 Å². The first-order chi connectivity index (χ1) is 15.5. The molecular formula is C23H23F3N4O3. The topological polar surface area (TPSA) is 86.0 Å². The van der Waals surface area contributed by atoms with Gasteiger partial charge in [0, 0.05) is 6.04 Å². The van der Waals surface area contributed by atoms with Crippen molar-refractivity contribution in [1.29, 1.82) is 0 Å². The van der Waals surface area contributed by atoms with Crippen molar-refractivity contribution >= 4 is 5.91 Å². The maximum Gasteiger partial charge on any atom is 0.416 e. The molecular weight excluding hydrogens is 437 g/mol. The SMILES string of the molecule is CC[C@@H](C)NC(=O)c1nn(-c2ccc(C)cc2)c(=O)n(Cc2ccc(C(F)(F)F)cc2)c1=O. The summed E-state index contributed by atoms with van der Waals surface area (Å²) in [6.07, 6.45) is -3.89. The van der Waals surface area contributed by atoms with E-state index in [-0.39, 0.29) is 18.2 Å². The number of rotatable bonds is 6. The Labute approximate surface area is 187 Å². The molecule has 174 valence electrons. The number of carbonyl (C=O) groups excluding carboxylic acids is 1. The molecule has 1 amide bonds. The van der Waals surface area contributed by atoms with Crippen LogP contribution < -0.4 is 16.6 Å². The van der Waals surface area contributed by atoms with Crippen LogP contribution in [0.2, 0.25) is 0 Å². The second-order valence-corrected chi connectivity index (χ2v) is 7.75. The lowest BCUT2D eigenvalue weighted by molar-refractivity contribution is -0.137. The quantitative estimate of drug-likeness (QED) is 0.612. The van der Waals surface area contributed by atoms with Crippen LogP contribution in [0.3, 0.4) is 0 Å². The summed E-state index contributed by atoms with van der Waals surface area (Å²) < 4.78 is 40.3. The Balaban J connectivity index is 2.13. The van der Waals surface area contributed by atoms with E-state index >= 15 is 0 Å². The summed E-state index contributed by atoms with van der Waals surface area (Å²) >= 11 is 0. The highest BCUT2D eigenvalue weighted by Gasteiger charge is 2.30. The molecule has 7 nitrogen and oxygen atoms in total. The van der Waals surface area contributed by atoms with Gasteiger partial charge >= 0.3 is 11.9 Å². The predicted molar refractivity (Wildman–Crippen MR) is 117 cm³/mol. The summed E-state index contributed by atoms with van der Waals surface area (Å²) in [5, 5.41) is 6.67. The molecule has 1 N–H and O–H groups in total. The second-order valence-electron chi connectivity index (χ2n) is 7.75. The van der Waals surface area contributed by atoms with Gasteiger partial charge in [-0.15, -0.1) is 0 Å². The highest BCUT2D eigenvalue weighted by atomic mass is 19.4. The molecule has 3 aromatic rings. The summed E-state index contributed by atoms with van der Waals surface area (Å²) in [5.41, 5.74) is -1.52. The van der Waals surface area contributed by atoms with Gasteiger partial charge in [-0.2, -0.15) is 23.0 Å². The molecule has 0 fully saturated rings. The Morgan fingerprint density at radius 3 is 2.21 bits per heavy atom. The molecule has 1 heterocycles. The van der Waals surface area contributed by atoms with E-state index < -0.39 is 34.6 Å². The van der Waals surface area contributed by atoms with Crippen LogP contribution in [0.4, 0.5) is 13.2 Å². The molecule has 0 radical (unpaired) electrons. The highest BCUT2D eigenvalue weighted by Crippen LogP contribution is 2.29. The van der Waals surface area contributed by atoms with Crippen LogP contribution in [0.5, 0.6) is 0 Å². The van der Waals surface area contributed by atoms with E-state index in [1.807, 2.05) is 13.8 Å². The van der Waals surface area contributed by atoms with Gasteiger partial charge < -0.3 is 5.32 Å². The van der Waals surface area contributed by atoms with Crippen molar-refractivity contribution in [2.24, 2.45) is 0 Å². The number of aromatic nitrogens is 3. The average molecular weight is 460 g/mol. The van der Waals surface area contributed by atoms with Crippen LogP contribution in [0.25, 0.3) is 5.69 Å². The van der Waals surface area contributed by atoms with Crippen LogP contribution >= 0.6 is 0 Å². The van der Waals surface area contributed by atoms with Gasteiger partial charge in [0.25, 0.3) is 11.5 Å². The summed E-state index contributed by atoms with van der Waals surface area (Å²) in [7, 11) is 0. The molecule has 33 heavy (non-hydrogen) atoms. The molecule has 1 aromatic heterocycles. The van der Waals surface area contributed by atoms with E-state index in [0.717, 1.165) is 26.9 Å². The first kappa shape index (κ1) is 24.0. The first-order valence-corrected chi connectivity index (χ1v) is 10.3. The number of aryl methyl sites for hydroxylation is 1. The molecule has 0 saturated heterocycles. The third-order valence-corrected chi connectivity index (χ3v) is 5.17. The summed E-state index contributed by atoms with van der Waals surface area (Å²) in [5.74, 6) is -0.739. The summed E-state index contributed by atoms with van der Waals surface area (Å²) in [6.45, 7) is 5.15. The number of carbonyl (C=O) groups is 1. The summed E-state index contributed by atoms with van der Waals surface area (Å²) in [6, 6.07) is 10.6. The molecule has 3 rings (SSSR count). The Kier molecular flexibility index (Phi) is 6.85. The third-order valence-electron chi connectivity index (χ3n) is 5.17. The fourth-order valence-corrected chi connectivity index (χ4v) is 3.03. The lowest BCUT2D eigenvalue weighted by atomic mass is 10.1. The van der Waals surface area contributed by atoms with Crippen LogP contribution in [-0.4, -0.2) is 26.3 Å². The molecule has 1 atom stereocenters. The van der Waals surface area contributed by atoms with Crippen LogP contribution in [0, 0.1) is 6.92 Å². The second kappa shape index (κ2) is 9.43. The van der Waals surface area contributed by atoms with Crippen molar-refractivity contribution in [3.63, 3.8) is 0 Å². The molecule has 10 heteroatoms. The van der Waals surface area contributed by atoms with Crippen molar-refractivity contribution < 1.29 is 18.0 Å². The van der Waals surface area contributed by atoms with E-state index in [2.05, 4.69) is 10.4 Å². The number of benzene rings is 2. The molecule has 0 aliphatic rings. The van der Waals surface area contributed by atoms with Crippen LogP contribution in [0.15, 0.2) is 58.1 Å². The number of hydrogen-bond acceptors (Lipinski definition) is 4. The molecule has 0 spiro atoms. The lowest BCUT2D eigenvalue weighted by Gasteiger charge is -2.14. The van der Waals surface area contributed by atoms with Crippen molar-refractivity contribution in [1.82, 2.24) is 19.7 Å². The van der Waals surface area contributed by atoms with Gasteiger partial charge in [0.1, 0.15) is 0 Å². The van der Waals surface area contributed by atoms with E-state index in [1.54, 1.807) is 31.2 Å². The van der Waals surface area contributed by atoms with Gasteiger partial charge in [-0.05, 0) is 50.1 Å².